The number of nitrogens with zero attached hydrogens (tertiary/aromatic N) is 3. The highest BCUT2D eigenvalue weighted by atomic mass is 35.5. The van der Waals surface area contributed by atoms with Crippen LogP contribution in [0.15, 0.2) is 18.3 Å². The number of halogens is 1. The predicted molar refractivity (Wildman–Crippen MR) is 88.4 cm³/mol. The van der Waals surface area contributed by atoms with E-state index in [-0.39, 0.29) is 17.7 Å². The van der Waals surface area contributed by atoms with Gasteiger partial charge in [-0.2, -0.15) is 0 Å². The highest BCUT2D eigenvalue weighted by Crippen LogP contribution is 2.24. The first kappa shape index (κ1) is 16.1. The third-order valence-electron chi connectivity index (χ3n) is 4.50. The second-order valence-electron chi connectivity index (χ2n) is 6.02. The number of rotatable bonds is 2. The van der Waals surface area contributed by atoms with Crippen molar-refractivity contribution in [3.63, 3.8) is 0 Å². The van der Waals surface area contributed by atoms with E-state index in [0.717, 1.165) is 31.7 Å². The van der Waals surface area contributed by atoms with Crippen LogP contribution >= 0.6 is 11.6 Å². The summed E-state index contributed by atoms with van der Waals surface area (Å²) in [7, 11) is 0. The van der Waals surface area contributed by atoms with E-state index in [4.69, 9.17) is 11.6 Å². The van der Waals surface area contributed by atoms with Gasteiger partial charge in [0.25, 0.3) is 0 Å². The molecule has 0 unspecified atom stereocenters. The summed E-state index contributed by atoms with van der Waals surface area (Å²) in [5, 5.41) is 3.43. The number of amides is 2. The molecule has 1 N–H and O–H groups in total. The van der Waals surface area contributed by atoms with Crippen LogP contribution in [0.4, 0.5) is 5.82 Å². The van der Waals surface area contributed by atoms with Crippen molar-refractivity contribution in [1.82, 2.24) is 15.2 Å². The van der Waals surface area contributed by atoms with Crippen molar-refractivity contribution in [3.8, 4) is 0 Å². The molecule has 0 spiro atoms. The molecular formula is C16H21ClN4O2. The van der Waals surface area contributed by atoms with Crippen molar-refractivity contribution in [3.05, 3.63) is 23.4 Å². The summed E-state index contributed by atoms with van der Waals surface area (Å²) < 4.78 is 0. The van der Waals surface area contributed by atoms with E-state index in [1.54, 1.807) is 6.20 Å². The van der Waals surface area contributed by atoms with Gasteiger partial charge in [-0.15, -0.1) is 0 Å². The van der Waals surface area contributed by atoms with Crippen LogP contribution in [0, 0.1) is 5.92 Å². The molecule has 2 saturated heterocycles. The Morgan fingerprint density at radius 1 is 1.22 bits per heavy atom. The number of nitrogens with one attached hydrogen (secondary N) is 1. The lowest BCUT2D eigenvalue weighted by atomic mass is 9.95. The normalized spacial score (nSPS) is 20.1. The zero-order valence-electron chi connectivity index (χ0n) is 13.0. The summed E-state index contributed by atoms with van der Waals surface area (Å²) in [5.41, 5.74) is 0. The summed E-state index contributed by atoms with van der Waals surface area (Å²) in [4.78, 5) is 32.4. The minimum Gasteiger partial charge on any atom is -0.357 e. The average molecular weight is 337 g/mol. The summed E-state index contributed by atoms with van der Waals surface area (Å²) in [6.07, 6.45) is 3.69. The van der Waals surface area contributed by atoms with Crippen molar-refractivity contribution in [2.45, 2.75) is 19.3 Å². The van der Waals surface area contributed by atoms with E-state index in [2.05, 4.69) is 15.2 Å². The third-order valence-corrected chi connectivity index (χ3v) is 4.73. The lowest BCUT2D eigenvalue weighted by Crippen LogP contribution is -2.43. The van der Waals surface area contributed by atoms with Gasteiger partial charge in [-0.05, 0) is 25.0 Å². The highest BCUT2D eigenvalue weighted by molar-refractivity contribution is 6.30. The topological polar surface area (TPSA) is 65.5 Å². The summed E-state index contributed by atoms with van der Waals surface area (Å²) in [5.74, 6) is 1.17. The Labute approximate surface area is 140 Å². The van der Waals surface area contributed by atoms with Crippen LogP contribution in [-0.4, -0.2) is 54.4 Å². The van der Waals surface area contributed by atoms with Crippen LogP contribution in [0.5, 0.6) is 0 Å². The van der Waals surface area contributed by atoms with Crippen LogP contribution in [0.1, 0.15) is 19.3 Å². The molecule has 1 aromatic heterocycles. The van der Waals surface area contributed by atoms with Gasteiger partial charge in [0, 0.05) is 51.3 Å². The minimum atomic E-state index is 0.0314. The molecule has 0 saturated carbocycles. The fourth-order valence-electron chi connectivity index (χ4n) is 3.16. The van der Waals surface area contributed by atoms with E-state index in [9.17, 15) is 9.59 Å². The zero-order chi connectivity index (χ0) is 16.2. The fourth-order valence-corrected chi connectivity index (χ4v) is 3.27. The maximum absolute atomic E-state index is 12.6. The lowest BCUT2D eigenvalue weighted by molar-refractivity contribution is -0.136. The number of carbonyl (C=O) groups excluding carboxylic acids is 2. The molecule has 1 aromatic rings. The van der Waals surface area contributed by atoms with Crippen LogP contribution in [0.3, 0.4) is 0 Å². The maximum atomic E-state index is 12.6. The first-order valence-electron chi connectivity index (χ1n) is 8.05. The molecule has 124 valence electrons. The Balaban J connectivity index is 1.54. The molecule has 2 aliphatic heterocycles. The Hall–Kier alpha value is -1.82. The molecule has 2 amide bonds. The van der Waals surface area contributed by atoms with E-state index in [0.29, 0.717) is 31.1 Å². The van der Waals surface area contributed by atoms with Gasteiger partial charge in [0.2, 0.25) is 11.8 Å². The number of carbonyl (C=O) groups is 2. The molecule has 2 aliphatic rings. The fraction of sp³-hybridized carbons (Fsp3) is 0.562. The molecule has 2 fully saturated rings. The molecule has 3 heterocycles. The smallest absolute Gasteiger partial charge is 0.225 e. The first-order chi connectivity index (χ1) is 11.1. The Morgan fingerprint density at radius 2 is 2.00 bits per heavy atom. The zero-order valence-corrected chi connectivity index (χ0v) is 13.8. The highest BCUT2D eigenvalue weighted by Gasteiger charge is 2.29. The number of hydrogen-bond acceptors (Lipinski definition) is 4. The second-order valence-corrected chi connectivity index (χ2v) is 6.46. The largest absolute Gasteiger partial charge is 0.357 e. The van der Waals surface area contributed by atoms with Crippen molar-refractivity contribution < 1.29 is 9.59 Å². The van der Waals surface area contributed by atoms with Gasteiger partial charge < -0.3 is 15.1 Å². The van der Waals surface area contributed by atoms with Gasteiger partial charge in [0.1, 0.15) is 5.82 Å². The van der Waals surface area contributed by atoms with E-state index in [1.807, 2.05) is 17.0 Å². The molecule has 0 atom stereocenters. The predicted octanol–water partition coefficient (Wildman–Crippen LogP) is 1.30. The SMILES string of the molecule is O=C1CCN(C(=O)C2CCN(c3ccc(Cl)cn3)CC2)CCN1. The molecule has 0 bridgehead atoms. The Kier molecular flexibility index (Phi) is 5.00. The van der Waals surface area contributed by atoms with Crippen molar-refractivity contribution in [2.75, 3.05) is 37.6 Å². The molecule has 0 aromatic carbocycles. The van der Waals surface area contributed by atoms with Crippen molar-refractivity contribution in [2.24, 2.45) is 5.92 Å². The van der Waals surface area contributed by atoms with E-state index in [1.165, 1.54) is 0 Å². The third kappa shape index (κ3) is 3.93. The van der Waals surface area contributed by atoms with Gasteiger partial charge >= 0.3 is 0 Å². The monoisotopic (exact) mass is 336 g/mol. The van der Waals surface area contributed by atoms with E-state index < -0.39 is 0 Å². The minimum absolute atomic E-state index is 0.0314. The first-order valence-corrected chi connectivity index (χ1v) is 8.43. The molecular weight excluding hydrogens is 316 g/mol. The van der Waals surface area contributed by atoms with Gasteiger partial charge in [0.05, 0.1) is 5.02 Å². The molecule has 23 heavy (non-hydrogen) atoms. The molecule has 7 heteroatoms. The summed E-state index contributed by atoms with van der Waals surface area (Å²) >= 11 is 5.86. The quantitative estimate of drug-likeness (QED) is 0.884. The number of aromatic nitrogens is 1. The van der Waals surface area contributed by atoms with Crippen LogP contribution < -0.4 is 10.2 Å². The number of anilines is 1. The maximum Gasteiger partial charge on any atom is 0.225 e. The van der Waals surface area contributed by atoms with Gasteiger partial charge in [-0.25, -0.2) is 4.98 Å². The summed E-state index contributed by atoms with van der Waals surface area (Å²) in [6, 6.07) is 3.75. The van der Waals surface area contributed by atoms with Gasteiger partial charge in [-0.3, -0.25) is 9.59 Å². The van der Waals surface area contributed by atoms with Gasteiger partial charge in [0.15, 0.2) is 0 Å². The summed E-state index contributed by atoms with van der Waals surface area (Å²) in [6.45, 7) is 3.33. The lowest BCUT2D eigenvalue weighted by Gasteiger charge is -2.34. The van der Waals surface area contributed by atoms with Crippen molar-refractivity contribution >= 4 is 29.2 Å². The number of piperidine rings is 1. The molecule has 3 rings (SSSR count). The Bertz CT molecular complexity index is 570. The molecule has 0 radical (unpaired) electrons. The number of pyridine rings is 1. The van der Waals surface area contributed by atoms with Crippen molar-refractivity contribution in [1.29, 1.82) is 0 Å². The van der Waals surface area contributed by atoms with Crippen LogP contribution in [0.2, 0.25) is 5.02 Å². The van der Waals surface area contributed by atoms with Gasteiger partial charge in [-0.1, -0.05) is 11.6 Å². The standard InChI is InChI=1S/C16H21ClN4O2/c17-13-1-2-14(19-11-13)20-7-3-12(4-8-20)16(23)21-9-5-15(22)18-6-10-21/h1-2,11-12H,3-10H2,(H,18,22). The van der Waals surface area contributed by atoms with Crippen LogP contribution in [0.25, 0.3) is 0 Å². The molecule has 0 aliphatic carbocycles. The second kappa shape index (κ2) is 7.17. The average Bonchev–Trinajstić information content (AvgIpc) is 2.80. The Morgan fingerprint density at radius 3 is 2.70 bits per heavy atom. The molecule has 6 nitrogen and oxygen atoms in total. The van der Waals surface area contributed by atoms with E-state index >= 15 is 0 Å². The number of hydrogen-bond donors (Lipinski definition) is 1. The van der Waals surface area contributed by atoms with Crippen LogP contribution in [-0.2, 0) is 9.59 Å².